The molecule has 0 bridgehead atoms. The SMILES string of the molecule is Cc1ccccc1CNC(=O)c1cc2ccccn2n1. The molecule has 1 amide bonds. The van der Waals surface area contributed by atoms with Gasteiger partial charge in [0.1, 0.15) is 0 Å². The number of pyridine rings is 1. The molecular weight excluding hydrogens is 250 g/mol. The Kier molecular flexibility index (Phi) is 3.21. The van der Waals surface area contributed by atoms with Crippen LogP contribution in [0.4, 0.5) is 0 Å². The molecule has 0 spiro atoms. The number of aromatic nitrogens is 2. The molecular formula is C16H15N3O. The first-order valence-corrected chi connectivity index (χ1v) is 6.51. The van der Waals surface area contributed by atoms with E-state index in [0.29, 0.717) is 12.2 Å². The zero-order valence-electron chi connectivity index (χ0n) is 11.2. The molecule has 0 aliphatic heterocycles. The number of fused-ring (bicyclic) bond motifs is 1. The molecule has 0 atom stereocenters. The van der Waals surface area contributed by atoms with Crippen molar-refractivity contribution >= 4 is 11.4 Å². The number of nitrogens with one attached hydrogen (secondary N) is 1. The second-order valence-electron chi connectivity index (χ2n) is 4.71. The number of carbonyl (C=O) groups excluding carboxylic acids is 1. The highest BCUT2D eigenvalue weighted by atomic mass is 16.1. The van der Waals surface area contributed by atoms with E-state index >= 15 is 0 Å². The van der Waals surface area contributed by atoms with Gasteiger partial charge in [0.05, 0.1) is 5.52 Å². The summed E-state index contributed by atoms with van der Waals surface area (Å²) in [5.74, 6) is -0.156. The standard InChI is InChI=1S/C16H15N3O/c1-12-6-2-3-7-13(12)11-17-16(20)15-10-14-8-4-5-9-19(14)18-15/h2-10H,11H2,1H3,(H,17,20). The smallest absolute Gasteiger partial charge is 0.272 e. The number of benzene rings is 1. The van der Waals surface area contributed by atoms with E-state index in [1.807, 2.05) is 55.6 Å². The van der Waals surface area contributed by atoms with Gasteiger partial charge in [0, 0.05) is 12.7 Å². The molecule has 20 heavy (non-hydrogen) atoms. The summed E-state index contributed by atoms with van der Waals surface area (Å²) < 4.78 is 1.70. The van der Waals surface area contributed by atoms with Crippen molar-refractivity contribution in [3.05, 3.63) is 71.5 Å². The van der Waals surface area contributed by atoms with E-state index in [2.05, 4.69) is 10.4 Å². The van der Waals surface area contributed by atoms with Crippen LogP contribution in [0.25, 0.3) is 5.52 Å². The average molecular weight is 265 g/mol. The van der Waals surface area contributed by atoms with E-state index in [-0.39, 0.29) is 5.91 Å². The Morgan fingerprint density at radius 2 is 2.00 bits per heavy atom. The fraction of sp³-hybridized carbons (Fsp3) is 0.125. The predicted octanol–water partition coefficient (Wildman–Crippen LogP) is 2.57. The first-order valence-electron chi connectivity index (χ1n) is 6.51. The molecule has 3 aromatic rings. The van der Waals surface area contributed by atoms with Gasteiger partial charge < -0.3 is 5.32 Å². The summed E-state index contributed by atoms with van der Waals surface area (Å²) in [7, 11) is 0. The van der Waals surface area contributed by atoms with E-state index in [1.54, 1.807) is 10.6 Å². The lowest BCUT2D eigenvalue weighted by Crippen LogP contribution is -2.23. The van der Waals surface area contributed by atoms with Crippen molar-refractivity contribution < 1.29 is 4.79 Å². The van der Waals surface area contributed by atoms with Crippen molar-refractivity contribution in [1.82, 2.24) is 14.9 Å². The number of rotatable bonds is 3. The van der Waals surface area contributed by atoms with Gasteiger partial charge in [0.25, 0.3) is 5.91 Å². The second-order valence-corrected chi connectivity index (χ2v) is 4.71. The van der Waals surface area contributed by atoms with Crippen LogP contribution in [0.1, 0.15) is 21.6 Å². The number of carbonyl (C=O) groups is 1. The van der Waals surface area contributed by atoms with Crippen molar-refractivity contribution in [1.29, 1.82) is 0 Å². The number of hydrogen-bond acceptors (Lipinski definition) is 2. The van der Waals surface area contributed by atoms with Crippen LogP contribution in [0.15, 0.2) is 54.7 Å². The van der Waals surface area contributed by atoms with Crippen molar-refractivity contribution in [2.75, 3.05) is 0 Å². The van der Waals surface area contributed by atoms with Crippen LogP contribution in [-0.4, -0.2) is 15.5 Å². The maximum Gasteiger partial charge on any atom is 0.272 e. The number of aryl methyl sites for hydroxylation is 1. The summed E-state index contributed by atoms with van der Waals surface area (Å²) in [4.78, 5) is 12.1. The molecule has 1 aromatic carbocycles. The molecule has 0 radical (unpaired) electrons. The summed E-state index contributed by atoms with van der Waals surface area (Å²) in [6.45, 7) is 2.55. The van der Waals surface area contributed by atoms with Crippen LogP contribution in [0.2, 0.25) is 0 Å². The largest absolute Gasteiger partial charge is 0.347 e. The molecule has 2 aromatic heterocycles. The molecule has 0 aliphatic rings. The van der Waals surface area contributed by atoms with Crippen LogP contribution in [0, 0.1) is 6.92 Å². The summed E-state index contributed by atoms with van der Waals surface area (Å²) >= 11 is 0. The summed E-state index contributed by atoms with van der Waals surface area (Å²) in [5.41, 5.74) is 3.63. The normalized spacial score (nSPS) is 10.7. The van der Waals surface area contributed by atoms with Gasteiger partial charge in [0.2, 0.25) is 0 Å². The van der Waals surface area contributed by atoms with Crippen molar-refractivity contribution in [3.8, 4) is 0 Å². The lowest BCUT2D eigenvalue weighted by Gasteiger charge is -2.06. The fourth-order valence-corrected chi connectivity index (χ4v) is 2.12. The Morgan fingerprint density at radius 3 is 2.80 bits per heavy atom. The van der Waals surface area contributed by atoms with Gasteiger partial charge in [-0.05, 0) is 36.2 Å². The van der Waals surface area contributed by atoms with Gasteiger partial charge in [-0.2, -0.15) is 5.10 Å². The molecule has 100 valence electrons. The summed E-state index contributed by atoms with van der Waals surface area (Å²) in [6, 6.07) is 15.5. The van der Waals surface area contributed by atoms with Gasteiger partial charge in [-0.3, -0.25) is 4.79 Å². The van der Waals surface area contributed by atoms with Gasteiger partial charge in [0.15, 0.2) is 5.69 Å². The Balaban J connectivity index is 1.75. The van der Waals surface area contributed by atoms with Gasteiger partial charge >= 0.3 is 0 Å². The zero-order chi connectivity index (χ0) is 13.9. The molecule has 4 nitrogen and oxygen atoms in total. The minimum absolute atomic E-state index is 0.156. The molecule has 0 unspecified atom stereocenters. The first kappa shape index (κ1) is 12.4. The minimum Gasteiger partial charge on any atom is -0.347 e. The van der Waals surface area contributed by atoms with Crippen LogP contribution in [0.3, 0.4) is 0 Å². The molecule has 0 aliphatic carbocycles. The molecule has 1 N–H and O–H groups in total. The molecule has 0 saturated heterocycles. The van der Waals surface area contributed by atoms with Gasteiger partial charge in [-0.15, -0.1) is 0 Å². The highest BCUT2D eigenvalue weighted by molar-refractivity contribution is 5.93. The van der Waals surface area contributed by atoms with Crippen LogP contribution >= 0.6 is 0 Å². The maximum atomic E-state index is 12.1. The molecule has 4 heteroatoms. The zero-order valence-corrected chi connectivity index (χ0v) is 11.2. The highest BCUT2D eigenvalue weighted by Crippen LogP contribution is 2.08. The molecule has 2 heterocycles. The third-order valence-electron chi connectivity index (χ3n) is 3.30. The third kappa shape index (κ3) is 2.40. The summed E-state index contributed by atoms with van der Waals surface area (Å²) in [5, 5.41) is 7.15. The fourth-order valence-electron chi connectivity index (χ4n) is 2.12. The van der Waals surface area contributed by atoms with E-state index in [0.717, 1.165) is 11.1 Å². The Morgan fingerprint density at radius 1 is 1.20 bits per heavy atom. The van der Waals surface area contributed by atoms with Crippen molar-refractivity contribution in [2.45, 2.75) is 13.5 Å². The average Bonchev–Trinajstić information content (AvgIpc) is 2.90. The van der Waals surface area contributed by atoms with Crippen molar-refractivity contribution in [2.24, 2.45) is 0 Å². The lowest BCUT2D eigenvalue weighted by atomic mass is 10.1. The predicted molar refractivity (Wildman–Crippen MR) is 77.5 cm³/mol. The second kappa shape index (κ2) is 5.17. The third-order valence-corrected chi connectivity index (χ3v) is 3.30. The Bertz CT molecular complexity index is 728. The maximum absolute atomic E-state index is 12.1. The van der Waals surface area contributed by atoms with Crippen LogP contribution in [0.5, 0.6) is 0 Å². The Labute approximate surface area is 117 Å². The molecule has 3 rings (SSSR count). The Hall–Kier alpha value is -2.62. The van der Waals surface area contributed by atoms with Gasteiger partial charge in [-0.25, -0.2) is 4.52 Å². The topological polar surface area (TPSA) is 46.4 Å². The van der Waals surface area contributed by atoms with E-state index in [9.17, 15) is 4.79 Å². The lowest BCUT2D eigenvalue weighted by molar-refractivity contribution is 0.0945. The van der Waals surface area contributed by atoms with Crippen molar-refractivity contribution in [3.63, 3.8) is 0 Å². The van der Waals surface area contributed by atoms with E-state index < -0.39 is 0 Å². The minimum atomic E-state index is -0.156. The van der Waals surface area contributed by atoms with Crippen LogP contribution in [-0.2, 0) is 6.54 Å². The summed E-state index contributed by atoms with van der Waals surface area (Å²) in [6.07, 6.45) is 1.83. The monoisotopic (exact) mass is 265 g/mol. The number of hydrogen-bond donors (Lipinski definition) is 1. The molecule has 0 saturated carbocycles. The highest BCUT2D eigenvalue weighted by Gasteiger charge is 2.10. The van der Waals surface area contributed by atoms with Gasteiger partial charge in [-0.1, -0.05) is 30.3 Å². The number of amides is 1. The van der Waals surface area contributed by atoms with Crippen LogP contribution < -0.4 is 5.32 Å². The quantitative estimate of drug-likeness (QED) is 0.791. The molecule has 0 fully saturated rings. The number of nitrogens with zero attached hydrogens (tertiary/aromatic N) is 2. The first-order chi connectivity index (χ1) is 9.74. The van der Waals surface area contributed by atoms with E-state index in [4.69, 9.17) is 0 Å². The van der Waals surface area contributed by atoms with E-state index in [1.165, 1.54) is 5.56 Å².